The van der Waals surface area contributed by atoms with Gasteiger partial charge in [-0.25, -0.2) is 0 Å². The number of nitrogens with one attached hydrogen (secondary N) is 2. The molecule has 1 aliphatic rings. The lowest BCUT2D eigenvalue weighted by Crippen LogP contribution is -2.49. The van der Waals surface area contributed by atoms with E-state index in [-0.39, 0.29) is 0 Å². The van der Waals surface area contributed by atoms with E-state index >= 15 is 0 Å². The van der Waals surface area contributed by atoms with Gasteiger partial charge in [-0.2, -0.15) is 0 Å². The van der Waals surface area contributed by atoms with Crippen LogP contribution in [0.25, 0.3) is 0 Å². The maximum atomic E-state index is 5.95. The van der Waals surface area contributed by atoms with Crippen molar-refractivity contribution >= 4 is 23.2 Å². The maximum Gasteiger partial charge on any atom is 0.0423 e. The van der Waals surface area contributed by atoms with Gasteiger partial charge in [0, 0.05) is 35.7 Å². The van der Waals surface area contributed by atoms with Crippen molar-refractivity contribution in [2.24, 2.45) is 0 Å². The molecule has 1 fully saturated rings. The van der Waals surface area contributed by atoms with Crippen molar-refractivity contribution in [3.8, 4) is 0 Å². The van der Waals surface area contributed by atoms with Gasteiger partial charge in [0.2, 0.25) is 0 Å². The summed E-state index contributed by atoms with van der Waals surface area (Å²) in [6.07, 6.45) is 0.966. The van der Waals surface area contributed by atoms with Gasteiger partial charge in [0.05, 0.1) is 0 Å². The summed E-state index contributed by atoms with van der Waals surface area (Å²) in [4.78, 5) is 0. The SMILES string of the molecule is Clc1cc(Cl)cc(CC2CNCCN2)c1. The molecule has 0 radical (unpaired) electrons. The Morgan fingerprint density at radius 3 is 2.47 bits per heavy atom. The molecule has 2 rings (SSSR count). The third-order valence-electron chi connectivity index (χ3n) is 2.53. The fourth-order valence-electron chi connectivity index (χ4n) is 1.87. The van der Waals surface area contributed by atoms with E-state index in [9.17, 15) is 0 Å². The molecule has 0 amide bonds. The molecule has 1 aromatic carbocycles. The molecule has 0 saturated carbocycles. The molecule has 0 aromatic heterocycles. The molecule has 15 heavy (non-hydrogen) atoms. The van der Waals surface area contributed by atoms with Crippen molar-refractivity contribution in [3.63, 3.8) is 0 Å². The zero-order valence-electron chi connectivity index (χ0n) is 8.39. The van der Waals surface area contributed by atoms with Gasteiger partial charge in [-0.1, -0.05) is 23.2 Å². The summed E-state index contributed by atoms with van der Waals surface area (Å²) in [5.74, 6) is 0. The molecule has 82 valence electrons. The van der Waals surface area contributed by atoms with Gasteiger partial charge in [-0.15, -0.1) is 0 Å². The minimum atomic E-state index is 0.480. The van der Waals surface area contributed by atoms with E-state index < -0.39 is 0 Å². The summed E-state index contributed by atoms with van der Waals surface area (Å²) in [5.41, 5.74) is 1.19. The Morgan fingerprint density at radius 1 is 1.13 bits per heavy atom. The Morgan fingerprint density at radius 2 is 1.87 bits per heavy atom. The highest BCUT2D eigenvalue weighted by atomic mass is 35.5. The Bertz CT molecular complexity index is 315. The Balaban J connectivity index is 2.02. The first-order valence-corrected chi connectivity index (χ1v) is 5.89. The van der Waals surface area contributed by atoms with Crippen LogP contribution >= 0.6 is 23.2 Å². The second-order valence-corrected chi connectivity index (χ2v) is 4.71. The predicted molar refractivity (Wildman–Crippen MR) is 64.8 cm³/mol. The molecule has 2 nitrogen and oxygen atoms in total. The lowest BCUT2D eigenvalue weighted by molar-refractivity contribution is 0.416. The van der Waals surface area contributed by atoms with Crippen LogP contribution in [0.4, 0.5) is 0 Å². The molecule has 2 N–H and O–H groups in total. The first-order valence-electron chi connectivity index (χ1n) is 5.13. The molecule has 4 heteroatoms. The molecule has 1 aliphatic heterocycles. The van der Waals surface area contributed by atoms with Crippen LogP contribution < -0.4 is 10.6 Å². The molecule has 1 aromatic rings. The molecule has 0 bridgehead atoms. The Hall–Kier alpha value is -0.280. The molecule has 1 unspecified atom stereocenters. The number of piperazine rings is 1. The van der Waals surface area contributed by atoms with Crippen molar-refractivity contribution in [1.29, 1.82) is 0 Å². The number of hydrogen-bond acceptors (Lipinski definition) is 2. The predicted octanol–water partition coefficient (Wildman–Crippen LogP) is 2.10. The lowest BCUT2D eigenvalue weighted by atomic mass is 10.0. The van der Waals surface area contributed by atoms with Crippen molar-refractivity contribution in [3.05, 3.63) is 33.8 Å². The lowest BCUT2D eigenvalue weighted by Gasteiger charge is -2.24. The van der Waals surface area contributed by atoms with E-state index in [4.69, 9.17) is 23.2 Å². The standard InChI is InChI=1S/C11H14Cl2N2/c12-9-3-8(4-10(13)6-9)5-11-7-14-1-2-15-11/h3-4,6,11,14-15H,1-2,5,7H2. The van der Waals surface area contributed by atoms with Gasteiger partial charge >= 0.3 is 0 Å². The van der Waals surface area contributed by atoms with Crippen LogP contribution in [0.3, 0.4) is 0 Å². The third kappa shape index (κ3) is 3.35. The van der Waals surface area contributed by atoms with E-state index in [0.29, 0.717) is 16.1 Å². The second-order valence-electron chi connectivity index (χ2n) is 3.84. The van der Waals surface area contributed by atoms with Gasteiger partial charge in [-0.05, 0) is 30.2 Å². The van der Waals surface area contributed by atoms with E-state index in [2.05, 4.69) is 10.6 Å². The maximum absolute atomic E-state index is 5.95. The number of halogens is 2. The van der Waals surface area contributed by atoms with Crippen molar-refractivity contribution in [1.82, 2.24) is 10.6 Å². The summed E-state index contributed by atoms with van der Waals surface area (Å²) >= 11 is 11.9. The fraction of sp³-hybridized carbons (Fsp3) is 0.455. The molecule has 1 saturated heterocycles. The quantitative estimate of drug-likeness (QED) is 0.833. The smallest absolute Gasteiger partial charge is 0.0423 e. The van der Waals surface area contributed by atoms with Crippen molar-refractivity contribution in [2.75, 3.05) is 19.6 Å². The molecular formula is C11H14Cl2N2. The average Bonchev–Trinajstić information content (AvgIpc) is 2.17. The minimum Gasteiger partial charge on any atom is -0.314 e. The van der Waals surface area contributed by atoms with E-state index in [1.54, 1.807) is 6.07 Å². The Kier molecular flexibility index (Phi) is 3.87. The van der Waals surface area contributed by atoms with Crippen molar-refractivity contribution < 1.29 is 0 Å². The van der Waals surface area contributed by atoms with Crippen LogP contribution in [0.2, 0.25) is 10.0 Å². The summed E-state index contributed by atoms with van der Waals surface area (Å²) in [5, 5.41) is 8.23. The van der Waals surface area contributed by atoms with Crippen molar-refractivity contribution in [2.45, 2.75) is 12.5 Å². The average molecular weight is 245 g/mol. The Labute approximate surface area is 100.0 Å². The largest absolute Gasteiger partial charge is 0.314 e. The monoisotopic (exact) mass is 244 g/mol. The van der Waals surface area contributed by atoms with Crippen LogP contribution in [0.15, 0.2) is 18.2 Å². The molecular weight excluding hydrogens is 231 g/mol. The van der Waals surface area contributed by atoms with Gasteiger partial charge in [0.1, 0.15) is 0 Å². The number of rotatable bonds is 2. The molecule has 1 atom stereocenters. The zero-order valence-corrected chi connectivity index (χ0v) is 9.91. The van der Waals surface area contributed by atoms with Gasteiger partial charge in [0.15, 0.2) is 0 Å². The zero-order chi connectivity index (χ0) is 10.7. The first kappa shape index (κ1) is 11.2. The highest BCUT2D eigenvalue weighted by Gasteiger charge is 2.12. The fourth-order valence-corrected chi connectivity index (χ4v) is 2.44. The normalized spacial score (nSPS) is 21.6. The van der Waals surface area contributed by atoms with Crippen LogP contribution in [0.1, 0.15) is 5.56 Å². The summed E-state index contributed by atoms with van der Waals surface area (Å²) < 4.78 is 0. The minimum absolute atomic E-state index is 0.480. The van der Waals surface area contributed by atoms with E-state index in [1.807, 2.05) is 12.1 Å². The van der Waals surface area contributed by atoms with Gasteiger partial charge in [-0.3, -0.25) is 0 Å². The van der Waals surface area contributed by atoms with E-state index in [0.717, 1.165) is 26.1 Å². The van der Waals surface area contributed by atoms with E-state index in [1.165, 1.54) is 5.56 Å². The first-order chi connectivity index (χ1) is 7.24. The number of benzene rings is 1. The highest BCUT2D eigenvalue weighted by molar-refractivity contribution is 6.34. The second kappa shape index (κ2) is 5.17. The topological polar surface area (TPSA) is 24.1 Å². The van der Waals surface area contributed by atoms with Crippen LogP contribution in [0.5, 0.6) is 0 Å². The molecule has 0 aliphatic carbocycles. The third-order valence-corrected chi connectivity index (χ3v) is 2.97. The van der Waals surface area contributed by atoms with Gasteiger partial charge in [0.25, 0.3) is 0 Å². The van der Waals surface area contributed by atoms with Crippen LogP contribution in [0, 0.1) is 0 Å². The molecule has 1 heterocycles. The summed E-state index contributed by atoms with van der Waals surface area (Å²) in [6, 6.07) is 6.19. The number of hydrogen-bond donors (Lipinski definition) is 2. The summed E-state index contributed by atoms with van der Waals surface area (Å²) in [7, 11) is 0. The van der Waals surface area contributed by atoms with Gasteiger partial charge < -0.3 is 10.6 Å². The summed E-state index contributed by atoms with van der Waals surface area (Å²) in [6.45, 7) is 3.08. The molecule has 0 spiro atoms. The van der Waals surface area contributed by atoms with Crippen LogP contribution in [-0.4, -0.2) is 25.7 Å². The highest BCUT2D eigenvalue weighted by Crippen LogP contribution is 2.20. The van der Waals surface area contributed by atoms with Crippen LogP contribution in [-0.2, 0) is 6.42 Å².